The van der Waals surface area contributed by atoms with Crippen molar-refractivity contribution < 1.29 is 19.1 Å². The summed E-state index contributed by atoms with van der Waals surface area (Å²) in [5.74, 6) is -0.740. The molecule has 5 heteroatoms. The molecule has 0 aliphatic carbocycles. The smallest absolute Gasteiger partial charge is 0.313 e. The Morgan fingerprint density at radius 3 is 2.67 bits per heavy atom. The van der Waals surface area contributed by atoms with Crippen molar-refractivity contribution in [3.8, 4) is 0 Å². The predicted octanol–water partition coefficient (Wildman–Crippen LogP) is 1.30. The van der Waals surface area contributed by atoms with Gasteiger partial charge in [-0.25, -0.2) is 0 Å². The third-order valence-corrected chi connectivity index (χ3v) is 2.94. The summed E-state index contributed by atoms with van der Waals surface area (Å²) in [6.07, 6.45) is 4.26. The zero-order valence-corrected chi connectivity index (χ0v) is 10.9. The molecule has 1 aliphatic heterocycles. The minimum absolute atomic E-state index is 0.0203. The topological polar surface area (TPSA) is 63.7 Å². The molecule has 1 heterocycles. The van der Waals surface area contributed by atoms with Crippen molar-refractivity contribution in [1.82, 2.24) is 4.90 Å². The van der Waals surface area contributed by atoms with Gasteiger partial charge in [0.05, 0.1) is 13.2 Å². The van der Waals surface area contributed by atoms with E-state index in [0.717, 1.165) is 25.7 Å². The fourth-order valence-corrected chi connectivity index (χ4v) is 2.02. The molecule has 0 bridgehead atoms. The number of likely N-dealkylation sites (tertiary alicyclic amines) is 1. The van der Waals surface area contributed by atoms with Gasteiger partial charge in [0.15, 0.2) is 5.78 Å². The summed E-state index contributed by atoms with van der Waals surface area (Å²) in [6.45, 7) is 2.63. The van der Waals surface area contributed by atoms with Crippen LogP contribution in [0.25, 0.3) is 0 Å². The number of hydrogen-bond donors (Lipinski definition) is 0. The van der Waals surface area contributed by atoms with Crippen molar-refractivity contribution in [2.75, 3.05) is 19.7 Å². The van der Waals surface area contributed by atoms with E-state index in [9.17, 15) is 14.4 Å². The molecule has 1 aliphatic rings. The van der Waals surface area contributed by atoms with Crippen LogP contribution in [0.3, 0.4) is 0 Å². The van der Waals surface area contributed by atoms with E-state index in [4.69, 9.17) is 4.74 Å². The zero-order chi connectivity index (χ0) is 13.4. The molecular weight excluding hydrogens is 234 g/mol. The second-order valence-corrected chi connectivity index (χ2v) is 4.50. The van der Waals surface area contributed by atoms with Crippen molar-refractivity contribution >= 4 is 17.7 Å². The first-order valence-corrected chi connectivity index (χ1v) is 6.58. The Kier molecular flexibility index (Phi) is 6.39. The normalized spacial score (nSPS) is 16.9. The minimum Gasteiger partial charge on any atom is -0.466 e. The minimum atomic E-state index is -0.512. The summed E-state index contributed by atoms with van der Waals surface area (Å²) >= 11 is 0. The second-order valence-electron chi connectivity index (χ2n) is 4.50. The van der Waals surface area contributed by atoms with E-state index < -0.39 is 5.97 Å². The van der Waals surface area contributed by atoms with Gasteiger partial charge in [0, 0.05) is 13.0 Å². The fraction of sp³-hybridized carbons (Fsp3) is 0.769. The molecule has 0 aromatic rings. The van der Waals surface area contributed by atoms with Crippen LogP contribution >= 0.6 is 0 Å². The maximum absolute atomic E-state index is 11.8. The Morgan fingerprint density at radius 1 is 1.22 bits per heavy atom. The molecule has 0 radical (unpaired) electrons. The van der Waals surface area contributed by atoms with Gasteiger partial charge in [-0.15, -0.1) is 0 Å². The monoisotopic (exact) mass is 255 g/mol. The highest BCUT2D eigenvalue weighted by Gasteiger charge is 2.20. The summed E-state index contributed by atoms with van der Waals surface area (Å²) in [6, 6.07) is 0. The quantitative estimate of drug-likeness (QED) is 0.548. The van der Waals surface area contributed by atoms with Crippen LogP contribution in [0.4, 0.5) is 0 Å². The van der Waals surface area contributed by atoms with Crippen LogP contribution < -0.4 is 0 Å². The SMILES string of the molecule is CCOC(=O)CC(=O)CN1CCCCCCC1=O. The van der Waals surface area contributed by atoms with E-state index in [1.54, 1.807) is 11.8 Å². The van der Waals surface area contributed by atoms with Gasteiger partial charge in [-0.2, -0.15) is 0 Å². The standard InChI is InChI=1S/C13H21NO4/c1-2-18-13(17)9-11(15)10-14-8-6-4-3-5-7-12(14)16/h2-10H2,1H3. The number of rotatable bonds is 5. The molecule has 1 saturated heterocycles. The molecule has 1 amide bonds. The van der Waals surface area contributed by atoms with Crippen LogP contribution in [-0.4, -0.2) is 42.3 Å². The van der Waals surface area contributed by atoms with E-state index >= 15 is 0 Å². The summed E-state index contributed by atoms with van der Waals surface area (Å²) in [5, 5.41) is 0. The molecule has 5 nitrogen and oxygen atoms in total. The molecule has 102 valence electrons. The summed E-state index contributed by atoms with van der Waals surface area (Å²) in [5.41, 5.74) is 0. The average Bonchev–Trinajstić information content (AvgIpc) is 2.29. The molecule has 0 N–H and O–H groups in total. The third kappa shape index (κ3) is 5.29. The van der Waals surface area contributed by atoms with E-state index in [1.165, 1.54) is 0 Å². The van der Waals surface area contributed by atoms with Crippen molar-refractivity contribution in [3.05, 3.63) is 0 Å². The molecule has 0 unspecified atom stereocenters. The van der Waals surface area contributed by atoms with Gasteiger partial charge in [0.1, 0.15) is 6.42 Å². The molecule has 0 spiro atoms. The van der Waals surface area contributed by atoms with Crippen molar-refractivity contribution in [2.45, 2.75) is 45.4 Å². The predicted molar refractivity (Wildman–Crippen MR) is 65.9 cm³/mol. The lowest BCUT2D eigenvalue weighted by atomic mass is 10.1. The molecular formula is C13H21NO4. The van der Waals surface area contributed by atoms with Gasteiger partial charge in [0.25, 0.3) is 0 Å². The molecule has 0 atom stereocenters. The van der Waals surface area contributed by atoms with Crippen LogP contribution in [0.15, 0.2) is 0 Å². The number of Topliss-reactive ketones (excluding diaryl/α,β-unsaturated/α-hetero) is 1. The highest BCUT2D eigenvalue weighted by atomic mass is 16.5. The lowest BCUT2D eigenvalue weighted by Crippen LogP contribution is -2.37. The third-order valence-electron chi connectivity index (χ3n) is 2.94. The van der Waals surface area contributed by atoms with Gasteiger partial charge < -0.3 is 9.64 Å². The number of carbonyl (C=O) groups is 3. The molecule has 0 aromatic heterocycles. The van der Waals surface area contributed by atoms with Crippen LogP contribution in [0, 0.1) is 0 Å². The van der Waals surface area contributed by atoms with Gasteiger partial charge in [0.2, 0.25) is 5.91 Å². The van der Waals surface area contributed by atoms with Crippen LogP contribution in [-0.2, 0) is 19.1 Å². The van der Waals surface area contributed by atoms with Gasteiger partial charge in [-0.05, 0) is 19.8 Å². The summed E-state index contributed by atoms with van der Waals surface area (Å²) in [4.78, 5) is 36.1. The molecule has 18 heavy (non-hydrogen) atoms. The second kappa shape index (κ2) is 7.84. The Bertz CT molecular complexity index is 314. The Morgan fingerprint density at radius 2 is 1.94 bits per heavy atom. The van der Waals surface area contributed by atoms with E-state index in [0.29, 0.717) is 13.0 Å². The first kappa shape index (κ1) is 14.7. The molecule has 0 saturated carbocycles. The molecule has 1 rings (SSSR count). The Labute approximate surface area is 107 Å². The van der Waals surface area contributed by atoms with E-state index in [1.807, 2.05) is 0 Å². The number of amides is 1. The fourth-order valence-electron chi connectivity index (χ4n) is 2.02. The average molecular weight is 255 g/mol. The highest BCUT2D eigenvalue weighted by Crippen LogP contribution is 2.11. The highest BCUT2D eigenvalue weighted by molar-refractivity contribution is 5.98. The first-order valence-electron chi connectivity index (χ1n) is 6.58. The first-order chi connectivity index (χ1) is 8.63. The van der Waals surface area contributed by atoms with Crippen LogP contribution in [0.1, 0.15) is 45.4 Å². The van der Waals surface area contributed by atoms with Gasteiger partial charge in [-0.3, -0.25) is 14.4 Å². The maximum Gasteiger partial charge on any atom is 0.313 e. The lowest BCUT2D eigenvalue weighted by Gasteiger charge is -2.23. The molecule has 1 fully saturated rings. The zero-order valence-electron chi connectivity index (χ0n) is 10.9. The number of nitrogens with zero attached hydrogens (tertiary/aromatic N) is 1. The summed E-state index contributed by atoms with van der Waals surface area (Å²) < 4.78 is 4.71. The maximum atomic E-state index is 11.8. The number of carbonyl (C=O) groups excluding carboxylic acids is 3. The van der Waals surface area contributed by atoms with Gasteiger partial charge in [-0.1, -0.05) is 12.8 Å². The van der Waals surface area contributed by atoms with E-state index in [-0.39, 0.29) is 31.3 Å². The van der Waals surface area contributed by atoms with Crippen molar-refractivity contribution in [3.63, 3.8) is 0 Å². The van der Waals surface area contributed by atoms with Crippen LogP contribution in [0.5, 0.6) is 0 Å². The van der Waals surface area contributed by atoms with Gasteiger partial charge >= 0.3 is 5.97 Å². The molecule has 0 aromatic carbocycles. The lowest BCUT2D eigenvalue weighted by molar-refractivity contribution is -0.147. The number of ketones is 1. The van der Waals surface area contributed by atoms with Crippen molar-refractivity contribution in [2.24, 2.45) is 0 Å². The van der Waals surface area contributed by atoms with Crippen LogP contribution in [0.2, 0.25) is 0 Å². The largest absolute Gasteiger partial charge is 0.466 e. The number of ether oxygens (including phenoxy) is 1. The number of hydrogen-bond acceptors (Lipinski definition) is 4. The Balaban J connectivity index is 2.40. The number of esters is 1. The Hall–Kier alpha value is -1.39. The summed E-state index contributed by atoms with van der Waals surface area (Å²) in [7, 11) is 0. The van der Waals surface area contributed by atoms with Crippen molar-refractivity contribution in [1.29, 1.82) is 0 Å². The van der Waals surface area contributed by atoms with E-state index in [2.05, 4.69) is 0 Å².